The maximum atomic E-state index is 2.00. The monoisotopic (exact) mass is 80.1 g/mol. The molecule has 0 heterocycles. The van der Waals surface area contributed by atoms with Crippen LogP contribution in [0.25, 0.3) is 0 Å². The van der Waals surface area contributed by atoms with Crippen molar-refractivity contribution in [3.8, 4) is 0 Å². The second kappa shape index (κ2) is 19.3. The first-order valence-corrected chi connectivity index (χ1v) is 1.15. The first kappa shape index (κ1) is 16.5. The molecule has 0 spiro atoms. The Morgan fingerprint density at radius 1 is 1.40 bits per heavy atom. The molecule has 5 heavy (non-hydrogen) atoms. The van der Waals surface area contributed by atoms with Crippen molar-refractivity contribution >= 4 is 17.4 Å². The zero-order valence-electron chi connectivity index (χ0n) is 7.15. The van der Waals surface area contributed by atoms with Crippen LogP contribution in [0, 0.1) is 6.42 Å². The Balaban J connectivity index is -0.00000000200. The van der Waals surface area contributed by atoms with Crippen molar-refractivity contribution in [2.75, 3.05) is 0 Å². The van der Waals surface area contributed by atoms with Crippen LogP contribution >= 0.6 is 0 Å². The van der Waals surface area contributed by atoms with Crippen molar-refractivity contribution in [2.24, 2.45) is 0 Å². The summed E-state index contributed by atoms with van der Waals surface area (Å²) in [7, 11) is 0. The Morgan fingerprint density at radius 3 is 1.40 bits per heavy atom. The van der Waals surface area contributed by atoms with E-state index in [1.165, 1.54) is 0 Å². The minimum Gasteiger partial charge on any atom is -1.00 e. The molecule has 26 valence electrons. The standard InChI is InChI=1S/C3H7.Al.Li.3H/c1-3-2;;;;;/h3H,1-2H3;;;;;/q-1;+3;+1;3*-1. The predicted octanol–water partition coefficient (Wildman–Crippen LogP) is -1.81. The third-order valence-electron chi connectivity index (χ3n) is 0. The topological polar surface area (TPSA) is 0 Å². The van der Waals surface area contributed by atoms with E-state index in [1.54, 1.807) is 0 Å². The molecule has 0 atom stereocenters. The summed E-state index contributed by atoms with van der Waals surface area (Å²) in [6.07, 6.45) is 2.00. The summed E-state index contributed by atoms with van der Waals surface area (Å²) in [4.78, 5) is 0. The number of rotatable bonds is 0. The van der Waals surface area contributed by atoms with E-state index in [1.807, 2.05) is 20.3 Å². The zero-order chi connectivity index (χ0) is 2.71. The summed E-state index contributed by atoms with van der Waals surface area (Å²) < 4.78 is 0. The molecule has 0 N–H and O–H groups in total. The van der Waals surface area contributed by atoms with Gasteiger partial charge in [-0.05, 0) is 0 Å². The van der Waals surface area contributed by atoms with Crippen LogP contribution in [0.2, 0.25) is 0 Å². The minimum absolute atomic E-state index is 0. The maximum absolute atomic E-state index is 2.00. The van der Waals surface area contributed by atoms with Gasteiger partial charge in [-0.15, -0.1) is 0 Å². The molecule has 0 aromatic rings. The molecule has 0 saturated carbocycles. The van der Waals surface area contributed by atoms with Crippen LogP contribution in [0.15, 0.2) is 0 Å². The summed E-state index contributed by atoms with van der Waals surface area (Å²) >= 11 is 0. The van der Waals surface area contributed by atoms with Gasteiger partial charge in [-0.25, -0.2) is 0 Å². The molecule has 0 amide bonds. The van der Waals surface area contributed by atoms with E-state index < -0.39 is 0 Å². The zero-order valence-corrected chi connectivity index (χ0v) is 5.31. The molecule has 0 aromatic heterocycles. The number of hydrogen-bond acceptors (Lipinski definition) is 0. The second-order valence-corrected chi connectivity index (χ2v) is 0.577. The molecule has 0 nitrogen and oxygen atoms in total. The number of hydrogen-bond donors (Lipinski definition) is 0. The first-order valence-electron chi connectivity index (χ1n) is 1.15. The van der Waals surface area contributed by atoms with E-state index in [2.05, 4.69) is 0 Å². The van der Waals surface area contributed by atoms with Crippen molar-refractivity contribution < 1.29 is 23.1 Å². The van der Waals surface area contributed by atoms with Gasteiger partial charge in [-0.1, -0.05) is 0 Å². The van der Waals surface area contributed by atoms with Gasteiger partial charge < -0.3 is 10.7 Å². The van der Waals surface area contributed by atoms with Crippen LogP contribution < -0.4 is 18.9 Å². The Kier molecular flexibility index (Phi) is 63.5. The molecule has 0 rings (SSSR count). The maximum Gasteiger partial charge on any atom is 3.00 e. The van der Waals surface area contributed by atoms with Crippen molar-refractivity contribution in [1.82, 2.24) is 0 Å². The Hall–Kier alpha value is 1.13. The molecule has 0 aliphatic rings. The third-order valence-corrected chi connectivity index (χ3v) is 0. The molecule has 0 aliphatic heterocycles. The summed E-state index contributed by atoms with van der Waals surface area (Å²) in [6.45, 7) is 4.00. The van der Waals surface area contributed by atoms with Gasteiger partial charge in [0.1, 0.15) is 0 Å². The van der Waals surface area contributed by atoms with Gasteiger partial charge in [0.15, 0.2) is 0 Å². The summed E-state index contributed by atoms with van der Waals surface area (Å²) in [5.41, 5.74) is 0. The SMILES string of the molecule is C[CH-]C.[Al+3].[H-].[H-].[H-].[Li+]. The van der Waals surface area contributed by atoms with E-state index in [4.69, 9.17) is 0 Å². The van der Waals surface area contributed by atoms with E-state index in [-0.39, 0.29) is 40.5 Å². The van der Waals surface area contributed by atoms with E-state index in [0.717, 1.165) is 0 Å². The molecule has 0 fully saturated rings. The fraction of sp³-hybridized carbons (Fsp3) is 0.667. The van der Waals surface area contributed by atoms with Crippen molar-refractivity contribution in [3.63, 3.8) is 0 Å². The summed E-state index contributed by atoms with van der Waals surface area (Å²) in [5.74, 6) is 0. The predicted molar refractivity (Wildman–Crippen MR) is 24.7 cm³/mol. The van der Waals surface area contributed by atoms with Crippen molar-refractivity contribution in [2.45, 2.75) is 13.8 Å². The second-order valence-electron chi connectivity index (χ2n) is 0.577. The van der Waals surface area contributed by atoms with Crippen LogP contribution in [0.4, 0.5) is 0 Å². The van der Waals surface area contributed by atoms with E-state index in [0.29, 0.717) is 0 Å². The van der Waals surface area contributed by atoms with Crippen LogP contribution in [0.5, 0.6) is 0 Å². The summed E-state index contributed by atoms with van der Waals surface area (Å²) in [5, 5.41) is 0. The molecule has 0 radical (unpaired) electrons. The van der Waals surface area contributed by atoms with Crippen LogP contribution in [0.1, 0.15) is 18.1 Å². The van der Waals surface area contributed by atoms with Gasteiger partial charge in [-0.3, -0.25) is 0 Å². The average molecular weight is 80.0 g/mol. The Labute approximate surface area is 61.1 Å². The first-order chi connectivity index (χ1) is 1.41. The quantitative estimate of drug-likeness (QED) is 0.238. The van der Waals surface area contributed by atoms with Crippen LogP contribution in [-0.2, 0) is 0 Å². The fourth-order valence-corrected chi connectivity index (χ4v) is 0. The van der Waals surface area contributed by atoms with Crippen LogP contribution in [-0.4, -0.2) is 17.4 Å². The molecular formula is C3H10AlLi. The molecule has 0 bridgehead atoms. The smallest absolute Gasteiger partial charge is 1.00 e. The third kappa shape index (κ3) is 39.4. The van der Waals surface area contributed by atoms with Gasteiger partial charge in [0.25, 0.3) is 0 Å². The van der Waals surface area contributed by atoms with Gasteiger partial charge in [0.05, 0.1) is 0 Å². The Bertz CT molecular complexity index is 14.5. The molecule has 0 aromatic carbocycles. The van der Waals surface area contributed by atoms with Crippen molar-refractivity contribution in [3.05, 3.63) is 6.42 Å². The van der Waals surface area contributed by atoms with Gasteiger partial charge in [-0.2, -0.15) is 13.8 Å². The van der Waals surface area contributed by atoms with Crippen molar-refractivity contribution in [1.29, 1.82) is 0 Å². The van der Waals surface area contributed by atoms with Gasteiger partial charge >= 0.3 is 36.2 Å². The Morgan fingerprint density at radius 2 is 1.40 bits per heavy atom. The van der Waals surface area contributed by atoms with E-state index >= 15 is 0 Å². The van der Waals surface area contributed by atoms with Gasteiger partial charge in [0.2, 0.25) is 0 Å². The molecule has 0 saturated heterocycles. The molecule has 0 unspecified atom stereocenters. The summed E-state index contributed by atoms with van der Waals surface area (Å²) in [6, 6.07) is 0. The van der Waals surface area contributed by atoms with Gasteiger partial charge in [0, 0.05) is 0 Å². The fourth-order valence-electron chi connectivity index (χ4n) is 0. The molecule has 2 heteroatoms. The van der Waals surface area contributed by atoms with Crippen LogP contribution in [0.3, 0.4) is 0 Å². The molecule has 0 aliphatic carbocycles. The normalized spacial score (nSPS) is 3.60. The molecular weight excluding hydrogens is 70.0 g/mol. The minimum atomic E-state index is 0. The average Bonchev–Trinajstić information content (AvgIpc) is 0.918. The largest absolute Gasteiger partial charge is 3.00 e. The van der Waals surface area contributed by atoms with E-state index in [9.17, 15) is 0 Å².